The van der Waals surface area contributed by atoms with Gasteiger partial charge < -0.3 is 20.1 Å². The number of carbonyl (C=O) groups excluding carboxylic acids is 3. The minimum absolute atomic E-state index is 0.155. The van der Waals surface area contributed by atoms with Crippen LogP contribution in [-0.4, -0.2) is 36.8 Å². The standard InChI is InChI=1S/C30H34N2O5S2/c1-4-24(28(34)32-29-26(30(35)37-5-2)23-12-7-6-8-13-25(23)39-29)38-22-11-9-10-20(18-22)31-27(33)19-14-16-21(36-3)17-15-19/h9-11,14-18,24H,4-8,12-13H2,1-3H3,(H,31,33)(H,32,34). The number of methoxy groups -OCH3 is 1. The van der Waals surface area contributed by atoms with Gasteiger partial charge in [0, 0.05) is 21.0 Å². The molecule has 0 saturated heterocycles. The lowest BCUT2D eigenvalue weighted by atomic mass is 10.1. The van der Waals surface area contributed by atoms with Crippen LogP contribution in [0, 0.1) is 0 Å². The third-order valence-electron chi connectivity index (χ3n) is 6.52. The van der Waals surface area contributed by atoms with E-state index in [1.54, 1.807) is 38.3 Å². The number of rotatable bonds is 10. The maximum Gasteiger partial charge on any atom is 0.341 e. The van der Waals surface area contributed by atoms with Gasteiger partial charge in [0.25, 0.3) is 5.91 Å². The number of anilines is 2. The van der Waals surface area contributed by atoms with Crippen LogP contribution in [0.4, 0.5) is 10.7 Å². The molecule has 206 valence electrons. The Balaban J connectivity index is 1.47. The van der Waals surface area contributed by atoms with E-state index in [4.69, 9.17) is 9.47 Å². The molecule has 2 aromatic carbocycles. The molecule has 1 unspecified atom stereocenters. The molecule has 1 atom stereocenters. The van der Waals surface area contributed by atoms with E-state index < -0.39 is 0 Å². The second-order valence-electron chi connectivity index (χ2n) is 9.20. The topological polar surface area (TPSA) is 93.7 Å². The van der Waals surface area contributed by atoms with Crippen molar-refractivity contribution >= 4 is 51.6 Å². The number of carbonyl (C=O) groups is 3. The molecule has 4 rings (SSSR count). The summed E-state index contributed by atoms with van der Waals surface area (Å²) in [6.45, 7) is 4.04. The molecule has 0 radical (unpaired) electrons. The second kappa shape index (κ2) is 13.7. The molecule has 1 aliphatic rings. The number of thioether (sulfide) groups is 1. The first-order valence-electron chi connectivity index (χ1n) is 13.3. The molecule has 1 aromatic heterocycles. The number of aryl methyl sites for hydroxylation is 1. The average Bonchev–Trinajstić information content (AvgIpc) is 3.11. The molecule has 0 aliphatic heterocycles. The fraction of sp³-hybridized carbons (Fsp3) is 0.367. The lowest BCUT2D eigenvalue weighted by Crippen LogP contribution is -2.25. The number of esters is 1. The highest BCUT2D eigenvalue weighted by molar-refractivity contribution is 8.00. The van der Waals surface area contributed by atoms with Crippen LogP contribution in [0.1, 0.15) is 70.7 Å². The van der Waals surface area contributed by atoms with Gasteiger partial charge in [0.2, 0.25) is 5.91 Å². The highest BCUT2D eigenvalue weighted by Gasteiger charge is 2.28. The molecular formula is C30H34N2O5S2. The summed E-state index contributed by atoms with van der Waals surface area (Å²) in [5.74, 6) is -0.0692. The van der Waals surface area contributed by atoms with E-state index in [9.17, 15) is 14.4 Å². The molecule has 2 N–H and O–H groups in total. The number of amides is 2. The highest BCUT2D eigenvalue weighted by Crippen LogP contribution is 2.39. The van der Waals surface area contributed by atoms with Gasteiger partial charge in [-0.1, -0.05) is 19.4 Å². The Labute approximate surface area is 237 Å². The third kappa shape index (κ3) is 7.22. The molecule has 0 fully saturated rings. The molecule has 0 saturated carbocycles. The van der Waals surface area contributed by atoms with Crippen LogP contribution in [0.25, 0.3) is 0 Å². The number of ether oxygens (including phenoxy) is 2. The maximum atomic E-state index is 13.4. The van der Waals surface area contributed by atoms with E-state index in [0.29, 0.717) is 34.0 Å². The third-order valence-corrected chi connectivity index (χ3v) is 9.09. The van der Waals surface area contributed by atoms with Crippen molar-refractivity contribution in [3.8, 4) is 5.75 Å². The molecule has 2 amide bonds. The lowest BCUT2D eigenvalue weighted by Gasteiger charge is -2.16. The van der Waals surface area contributed by atoms with Gasteiger partial charge in [-0.3, -0.25) is 9.59 Å². The number of hydrogen-bond acceptors (Lipinski definition) is 7. The van der Waals surface area contributed by atoms with Crippen molar-refractivity contribution in [2.24, 2.45) is 0 Å². The number of hydrogen-bond donors (Lipinski definition) is 2. The van der Waals surface area contributed by atoms with Gasteiger partial charge in [-0.15, -0.1) is 23.1 Å². The Morgan fingerprint density at radius 2 is 1.77 bits per heavy atom. The number of thiophene rings is 1. The van der Waals surface area contributed by atoms with Crippen LogP contribution in [-0.2, 0) is 22.4 Å². The summed E-state index contributed by atoms with van der Waals surface area (Å²) in [6.07, 6.45) is 5.60. The summed E-state index contributed by atoms with van der Waals surface area (Å²) in [7, 11) is 1.58. The van der Waals surface area contributed by atoms with Crippen molar-refractivity contribution in [1.82, 2.24) is 0 Å². The molecule has 9 heteroatoms. The number of benzene rings is 2. The maximum absolute atomic E-state index is 13.4. The first kappa shape index (κ1) is 28.7. The van der Waals surface area contributed by atoms with E-state index in [1.165, 1.54) is 28.0 Å². The summed E-state index contributed by atoms with van der Waals surface area (Å²) in [5, 5.41) is 6.18. The number of fused-ring (bicyclic) bond motifs is 1. The molecule has 39 heavy (non-hydrogen) atoms. The molecule has 1 heterocycles. The van der Waals surface area contributed by atoms with Crippen LogP contribution in [0.5, 0.6) is 5.75 Å². The van der Waals surface area contributed by atoms with Crippen molar-refractivity contribution < 1.29 is 23.9 Å². The summed E-state index contributed by atoms with van der Waals surface area (Å²) in [6, 6.07) is 14.3. The molecule has 0 bridgehead atoms. The van der Waals surface area contributed by atoms with Crippen molar-refractivity contribution in [3.63, 3.8) is 0 Å². The van der Waals surface area contributed by atoms with Crippen LogP contribution >= 0.6 is 23.1 Å². The number of nitrogens with one attached hydrogen (secondary N) is 2. The zero-order valence-corrected chi connectivity index (χ0v) is 24.1. The van der Waals surface area contributed by atoms with Gasteiger partial charge in [0.15, 0.2) is 0 Å². The van der Waals surface area contributed by atoms with Gasteiger partial charge in [0.05, 0.1) is 24.5 Å². The van der Waals surface area contributed by atoms with Gasteiger partial charge in [0.1, 0.15) is 10.8 Å². The van der Waals surface area contributed by atoms with E-state index in [1.807, 2.05) is 31.2 Å². The van der Waals surface area contributed by atoms with E-state index in [2.05, 4.69) is 10.6 Å². The monoisotopic (exact) mass is 566 g/mol. The Kier molecular flexibility index (Phi) is 10.1. The predicted molar refractivity (Wildman–Crippen MR) is 157 cm³/mol. The Bertz CT molecular complexity index is 1320. The van der Waals surface area contributed by atoms with Gasteiger partial charge in [-0.25, -0.2) is 4.79 Å². The van der Waals surface area contributed by atoms with Crippen molar-refractivity contribution in [2.45, 2.75) is 62.5 Å². The zero-order valence-electron chi connectivity index (χ0n) is 22.5. The van der Waals surface area contributed by atoms with E-state index in [0.717, 1.165) is 42.6 Å². The quantitative estimate of drug-likeness (QED) is 0.156. The average molecular weight is 567 g/mol. The summed E-state index contributed by atoms with van der Waals surface area (Å²) >= 11 is 2.93. The summed E-state index contributed by atoms with van der Waals surface area (Å²) in [5.41, 5.74) is 2.72. The van der Waals surface area contributed by atoms with Gasteiger partial charge in [-0.05, 0) is 87.1 Å². The highest BCUT2D eigenvalue weighted by atomic mass is 32.2. The minimum Gasteiger partial charge on any atom is -0.497 e. The first-order chi connectivity index (χ1) is 18.9. The summed E-state index contributed by atoms with van der Waals surface area (Å²) in [4.78, 5) is 41.0. The molecule has 0 spiro atoms. The Morgan fingerprint density at radius 1 is 1.00 bits per heavy atom. The second-order valence-corrected chi connectivity index (χ2v) is 11.6. The van der Waals surface area contributed by atoms with Crippen molar-refractivity contribution in [2.75, 3.05) is 24.4 Å². The fourth-order valence-corrected chi connectivity index (χ4v) is 6.82. The molecule has 1 aliphatic carbocycles. The van der Waals surface area contributed by atoms with Crippen molar-refractivity contribution in [3.05, 3.63) is 70.1 Å². The van der Waals surface area contributed by atoms with E-state index >= 15 is 0 Å². The van der Waals surface area contributed by atoms with Gasteiger partial charge >= 0.3 is 5.97 Å². The Hall–Kier alpha value is -3.30. The fourth-order valence-electron chi connectivity index (χ4n) is 4.52. The van der Waals surface area contributed by atoms with Crippen LogP contribution in [0.2, 0.25) is 0 Å². The summed E-state index contributed by atoms with van der Waals surface area (Å²) < 4.78 is 10.5. The predicted octanol–water partition coefficient (Wildman–Crippen LogP) is 6.96. The minimum atomic E-state index is -0.380. The van der Waals surface area contributed by atoms with Crippen LogP contribution in [0.3, 0.4) is 0 Å². The van der Waals surface area contributed by atoms with E-state index in [-0.39, 0.29) is 29.6 Å². The first-order valence-corrected chi connectivity index (χ1v) is 15.0. The molecular weight excluding hydrogens is 532 g/mol. The van der Waals surface area contributed by atoms with Crippen LogP contribution < -0.4 is 15.4 Å². The molecule has 7 nitrogen and oxygen atoms in total. The van der Waals surface area contributed by atoms with Crippen molar-refractivity contribution in [1.29, 1.82) is 0 Å². The largest absolute Gasteiger partial charge is 0.497 e. The molecule has 3 aromatic rings. The normalized spacial score (nSPS) is 13.5. The van der Waals surface area contributed by atoms with Gasteiger partial charge in [-0.2, -0.15) is 0 Å². The smallest absolute Gasteiger partial charge is 0.341 e. The van der Waals surface area contributed by atoms with Crippen LogP contribution in [0.15, 0.2) is 53.4 Å². The SMILES string of the molecule is CCOC(=O)c1c(NC(=O)C(CC)Sc2cccc(NC(=O)c3ccc(OC)cc3)c2)sc2c1CCCCC2. The Morgan fingerprint density at radius 3 is 2.49 bits per heavy atom. The zero-order chi connectivity index (χ0) is 27.8. The lowest BCUT2D eigenvalue weighted by molar-refractivity contribution is -0.115.